The summed E-state index contributed by atoms with van der Waals surface area (Å²) in [6.45, 7) is 3.68. The van der Waals surface area contributed by atoms with Gasteiger partial charge in [0, 0.05) is 12.7 Å². The Morgan fingerprint density at radius 2 is 2.19 bits per heavy atom. The highest BCUT2D eigenvalue weighted by Crippen LogP contribution is 2.19. The van der Waals surface area contributed by atoms with E-state index in [2.05, 4.69) is 20.5 Å². The second-order valence-corrected chi connectivity index (χ2v) is 8.54. The zero-order valence-corrected chi connectivity index (χ0v) is 16.3. The molecule has 1 fully saturated rings. The van der Waals surface area contributed by atoms with Crippen molar-refractivity contribution < 1.29 is 13.2 Å². The van der Waals surface area contributed by atoms with Gasteiger partial charge < -0.3 is 10.6 Å². The Bertz CT molecular complexity index is 903. The molecule has 146 valence electrons. The van der Waals surface area contributed by atoms with Crippen molar-refractivity contribution >= 4 is 15.9 Å². The predicted molar refractivity (Wildman–Crippen MR) is 102 cm³/mol. The summed E-state index contributed by atoms with van der Waals surface area (Å²) < 4.78 is 28.0. The van der Waals surface area contributed by atoms with E-state index in [1.165, 1.54) is 13.1 Å². The number of piperidine rings is 1. The summed E-state index contributed by atoms with van der Waals surface area (Å²) in [7, 11) is -2.16. The molecule has 8 nitrogen and oxygen atoms in total. The number of rotatable bonds is 6. The molecule has 1 aromatic carbocycles. The average molecular weight is 391 g/mol. The molecule has 0 bridgehead atoms. The van der Waals surface area contributed by atoms with E-state index < -0.39 is 10.0 Å². The summed E-state index contributed by atoms with van der Waals surface area (Å²) in [5, 5.41) is 10.6. The largest absolute Gasteiger partial charge is 0.344 e. The fourth-order valence-electron chi connectivity index (χ4n) is 3.14. The molecule has 3 N–H and O–H groups in total. The molecule has 2 unspecified atom stereocenters. The van der Waals surface area contributed by atoms with Crippen molar-refractivity contribution in [2.45, 2.75) is 36.7 Å². The molecule has 1 aliphatic heterocycles. The quantitative estimate of drug-likeness (QED) is 0.686. The molecule has 1 amide bonds. The second kappa shape index (κ2) is 8.20. The summed E-state index contributed by atoms with van der Waals surface area (Å²) in [6.07, 6.45) is 3.96. The lowest BCUT2D eigenvalue weighted by atomic mass is 10.1. The van der Waals surface area contributed by atoms with Crippen molar-refractivity contribution in [1.29, 1.82) is 0 Å². The Morgan fingerprint density at radius 3 is 2.89 bits per heavy atom. The van der Waals surface area contributed by atoms with Gasteiger partial charge in [-0.2, -0.15) is 5.10 Å². The molecule has 0 radical (unpaired) electrons. The summed E-state index contributed by atoms with van der Waals surface area (Å²) in [5.74, 6) is -0.285. The lowest BCUT2D eigenvalue weighted by molar-refractivity contribution is 0.0933. The number of carbonyl (C=O) groups excluding carboxylic acids is 1. The summed E-state index contributed by atoms with van der Waals surface area (Å²) in [6, 6.07) is 8.14. The van der Waals surface area contributed by atoms with E-state index in [1.807, 2.05) is 17.8 Å². The van der Waals surface area contributed by atoms with Gasteiger partial charge in [-0.3, -0.25) is 9.48 Å². The maximum Gasteiger partial charge on any atom is 0.272 e. The highest BCUT2D eigenvalue weighted by molar-refractivity contribution is 7.89. The number of carbonyl (C=O) groups is 1. The van der Waals surface area contributed by atoms with Gasteiger partial charge >= 0.3 is 0 Å². The molecule has 9 heteroatoms. The Kier molecular flexibility index (Phi) is 5.93. The molecule has 0 saturated carbocycles. The van der Waals surface area contributed by atoms with Crippen LogP contribution in [0.5, 0.6) is 0 Å². The van der Waals surface area contributed by atoms with Gasteiger partial charge in [0.15, 0.2) is 0 Å². The third kappa shape index (κ3) is 4.55. The van der Waals surface area contributed by atoms with Gasteiger partial charge in [0.25, 0.3) is 5.91 Å². The number of amides is 1. The molecule has 1 aromatic heterocycles. The maximum absolute atomic E-state index is 12.5. The van der Waals surface area contributed by atoms with Gasteiger partial charge in [0.05, 0.1) is 17.0 Å². The van der Waals surface area contributed by atoms with Gasteiger partial charge in [-0.15, -0.1) is 0 Å². The Balaban J connectivity index is 1.69. The number of hydrogen-bond acceptors (Lipinski definition) is 5. The minimum Gasteiger partial charge on any atom is -0.344 e. The highest BCUT2D eigenvalue weighted by atomic mass is 32.2. The van der Waals surface area contributed by atoms with Gasteiger partial charge in [0.2, 0.25) is 10.0 Å². The minimum absolute atomic E-state index is 0.165. The second-order valence-electron chi connectivity index (χ2n) is 6.66. The van der Waals surface area contributed by atoms with Crippen LogP contribution in [0, 0.1) is 0 Å². The van der Waals surface area contributed by atoms with Crippen LogP contribution in [0.4, 0.5) is 0 Å². The number of sulfonamides is 1. The van der Waals surface area contributed by atoms with E-state index >= 15 is 0 Å². The molecule has 1 saturated heterocycles. The fourth-order valence-corrected chi connectivity index (χ4v) is 3.93. The zero-order chi connectivity index (χ0) is 19.4. The minimum atomic E-state index is -3.53. The van der Waals surface area contributed by atoms with Crippen LogP contribution in [0.15, 0.2) is 41.4 Å². The van der Waals surface area contributed by atoms with Crippen molar-refractivity contribution in [1.82, 2.24) is 25.1 Å². The van der Waals surface area contributed by atoms with Crippen LogP contribution < -0.4 is 15.4 Å². The molecule has 2 heterocycles. The van der Waals surface area contributed by atoms with E-state index in [0.29, 0.717) is 11.3 Å². The number of aromatic nitrogens is 2. The zero-order valence-electron chi connectivity index (χ0n) is 15.5. The first kappa shape index (κ1) is 19.5. The highest BCUT2D eigenvalue weighted by Gasteiger charge is 2.20. The van der Waals surface area contributed by atoms with Crippen molar-refractivity contribution in [2.24, 2.45) is 0 Å². The lowest BCUT2D eigenvalue weighted by Gasteiger charge is -2.22. The SMILES string of the molecule is CNS(=O)(=O)c1cccc(C(C)NC(=O)c2ccn(C3CCCNC3)n2)c1. The van der Waals surface area contributed by atoms with Crippen LogP contribution in [-0.4, -0.2) is 44.2 Å². The molecule has 3 rings (SSSR count). The fraction of sp³-hybridized carbons (Fsp3) is 0.444. The third-order valence-corrected chi connectivity index (χ3v) is 6.18. The molecular formula is C18H25N5O3S. The van der Waals surface area contributed by atoms with E-state index in [0.717, 1.165) is 25.9 Å². The lowest BCUT2D eigenvalue weighted by Crippen LogP contribution is -2.32. The predicted octanol–water partition coefficient (Wildman–Crippen LogP) is 1.21. The van der Waals surface area contributed by atoms with Gasteiger partial charge in [-0.1, -0.05) is 12.1 Å². The Labute approximate surface area is 159 Å². The van der Waals surface area contributed by atoms with Gasteiger partial charge in [-0.05, 0) is 57.1 Å². The molecular weight excluding hydrogens is 366 g/mol. The van der Waals surface area contributed by atoms with Gasteiger partial charge in [-0.25, -0.2) is 13.1 Å². The van der Waals surface area contributed by atoms with Crippen LogP contribution in [0.25, 0.3) is 0 Å². The normalized spacial score (nSPS) is 18.8. The third-order valence-electron chi connectivity index (χ3n) is 4.77. The number of hydrogen-bond donors (Lipinski definition) is 3. The molecule has 1 aliphatic rings. The topological polar surface area (TPSA) is 105 Å². The van der Waals surface area contributed by atoms with Gasteiger partial charge in [0.1, 0.15) is 5.69 Å². The first-order valence-corrected chi connectivity index (χ1v) is 10.5. The van der Waals surface area contributed by atoms with Crippen LogP contribution in [0.1, 0.15) is 47.9 Å². The Hall–Kier alpha value is -2.23. The smallest absolute Gasteiger partial charge is 0.272 e. The van der Waals surface area contributed by atoms with Crippen LogP contribution >= 0.6 is 0 Å². The summed E-state index contributed by atoms with van der Waals surface area (Å²) in [5.41, 5.74) is 1.06. The Morgan fingerprint density at radius 1 is 1.37 bits per heavy atom. The van der Waals surface area contributed by atoms with E-state index in [1.54, 1.807) is 24.3 Å². The van der Waals surface area contributed by atoms with Crippen LogP contribution in [0.3, 0.4) is 0 Å². The average Bonchev–Trinajstić information content (AvgIpc) is 3.19. The number of benzene rings is 1. The van der Waals surface area contributed by atoms with E-state index in [9.17, 15) is 13.2 Å². The summed E-state index contributed by atoms with van der Waals surface area (Å²) in [4.78, 5) is 12.7. The first-order valence-electron chi connectivity index (χ1n) is 9.01. The first-order chi connectivity index (χ1) is 12.9. The molecule has 0 aliphatic carbocycles. The van der Waals surface area contributed by atoms with Crippen LogP contribution in [0.2, 0.25) is 0 Å². The molecule has 27 heavy (non-hydrogen) atoms. The standard InChI is InChI=1S/C18H25N5O3S/c1-13(14-5-3-7-16(11-14)27(25,26)19-2)21-18(24)17-8-10-23(22-17)15-6-4-9-20-12-15/h3,5,7-8,10-11,13,15,19-20H,4,6,9,12H2,1-2H3,(H,21,24). The molecule has 2 atom stereocenters. The maximum atomic E-state index is 12.5. The van der Waals surface area contributed by atoms with Crippen molar-refractivity contribution in [2.75, 3.05) is 20.1 Å². The summed E-state index contributed by atoms with van der Waals surface area (Å²) >= 11 is 0. The van der Waals surface area contributed by atoms with E-state index in [-0.39, 0.29) is 22.9 Å². The van der Waals surface area contributed by atoms with Crippen molar-refractivity contribution in [3.8, 4) is 0 Å². The monoisotopic (exact) mass is 391 g/mol. The van der Waals surface area contributed by atoms with E-state index in [4.69, 9.17) is 0 Å². The number of nitrogens with zero attached hydrogens (tertiary/aromatic N) is 2. The van der Waals surface area contributed by atoms with Crippen LogP contribution in [-0.2, 0) is 10.0 Å². The van der Waals surface area contributed by atoms with Crippen molar-refractivity contribution in [3.63, 3.8) is 0 Å². The molecule has 0 spiro atoms. The molecule has 2 aromatic rings. The number of nitrogens with one attached hydrogen (secondary N) is 3. The van der Waals surface area contributed by atoms with Crippen molar-refractivity contribution in [3.05, 3.63) is 47.8 Å².